The SMILES string of the molecule is O=C(O)c1ccc(-c2nnc(-c3cccc([N+](=O)[O-])c3)o2)cc1. The summed E-state index contributed by atoms with van der Waals surface area (Å²) in [6.45, 7) is 0. The Morgan fingerprint density at radius 2 is 1.70 bits per heavy atom. The predicted molar refractivity (Wildman–Crippen MR) is 78.8 cm³/mol. The van der Waals surface area contributed by atoms with E-state index in [-0.39, 0.29) is 23.0 Å². The largest absolute Gasteiger partial charge is 0.478 e. The van der Waals surface area contributed by atoms with Crippen LogP contribution in [0.2, 0.25) is 0 Å². The smallest absolute Gasteiger partial charge is 0.335 e. The van der Waals surface area contributed by atoms with Gasteiger partial charge in [0.25, 0.3) is 5.69 Å². The van der Waals surface area contributed by atoms with Crippen LogP contribution in [0, 0.1) is 10.1 Å². The Morgan fingerprint density at radius 1 is 1.04 bits per heavy atom. The number of carbonyl (C=O) groups is 1. The second kappa shape index (κ2) is 5.68. The van der Waals surface area contributed by atoms with Gasteiger partial charge in [-0.1, -0.05) is 6.07 Å². The molecule has 0 bridgehead atoms. The van der Waals surface area contributed by atoms with Crippen LogP contribution in [0.25, 0.3) is 22.9 Å². The number of carboxylic acids is 1. The minimum absolute atomic E-state index is 0.0759. The van der Waals surface area contributed by atoms with Crippen LogP contribution in [0.3, 0.4) is 0 Å². The first-order valence-corrected chi connectivity index (χ1v) is 6.46. The number of nitrogens with zero attached hydrogens (tertiary/aromatic N) is 3. The Kier molecular flexibility index (Phi) is 3.55. The highest BCUT2D eigenvalue weighted by Crippen LogP contribution is 2.26. The highest BCUT2D eigenvalue weighted by molar-refractivity contribution is 5.88. The number of rotatable bonds is 4. The third-order valence-corrected chi connectivity index (χ3v) is 3.11. The number of non-ortho nitro benzene ring substituents is 1. The van der Waals surface area contributed by atoms with Gasteiger partial charge in [0.05, 0.1) is 10.5 Å². The van der Waals surface area contributed by atoms with Gasteiger partial charge in [0, 0.05) is 23.3 Å². The fourth-order valence-electron chi connectivity index (χ4n) is 1.96. The van der Waals surface area contributed by atoms with Crippen LogP contribution in [0.4, 0.5) is 5.69 Å². The van der Waals surface area contributed by atoms with Gasteiger partial charge >= 0.3 is 5.97 Å². The third kappa shape index (κ3) is 2.91. The number of hydrogen-bond acceptors (Lipinski definition) is 6. The predicted octanol–water partition coefficient (Wildman–Crippen LogP) is 3.01. The van der Waals surface area contributed by atoms with Crippen LogP contribution in [0.5, 0.6) is 0 Å². The van der Waals surface area contributed by atoms with Gasteiger partial charge in [-0.2, -0.15) is 0 Å². The quantitative estimate of drug-likeness (QED) is 0.580. The third-order valence-electron chi connectivity index (χ3n) is 3.11. The lowest BCUT2D eigenvalue weighted by Gasteiger charge is -1.97. The van der Waals surface area contributed by atoms with E-state index < -0.39 is 10.9 Å². The second-order valence-electron chi connectivity index (χ2n) is 4.60. The van der Waals surface area contributed by atoms with E-state index >= 15 is 0 Å². The van der Waals surface area contributed by atoms with Gasteiger partial charge in [0.2, 0.25) is 11.8 Å². The Bertz CT molecular complexity index is 886. The maximum absolute atomic E-state index is 10.8. The lowest BCUT2D eigenvalue weighted by atomic mass is 10.1. The Hall–Kier alpha value is -3.55. The fraction of sp³-hybridized carbons (Fsp3) is 0. The zero-order valence-electron chi connectivity index (χ0n) is 11.5. The molecule has 114 valence electrons. The van der Waals surface area contributed by atoms with Crippen molar-refractivity contribution in [2.45, 2.75) is 0 Å². The molecule has 0 radical (unpaired) electrons. The summed E-state index contributed by atoms with van der Waals surface area (Å²) >= 11 is 0. The van der Waals surface area contributed by atoms with Crippen LogP contribution in [-0.2, 0) is 0 Å². The molecule has 0 aliphatic carbocycles. The monoisotopic (exact) mass is 311 g/mol. The summed E-state index contributed by atoms with van der Waals surface area (Å²) in [5, 5.41) is 27.4. The van der Waals surface area contributed by atoms with E-state index in [0.29, 0.717) is 11.1 Å². The number of hydrogen-bond donors (Lipinski definition) is 1. The molecule has 0 spiro atoms. The molecule has 1 heterocycles. The number of nitro groups is 1. The normalized spacial score (nSPS) is 10.4. The Balaban J connectivity index is 1.92. The van der Waals surface area contributed by atoms with Gasteiger partial charge in [0.1, 0.15) is 0 Å². The molecular weight excluding hydrogens is 302 g/mol. The molecule has 0 atom stereocenters. The lowest BCUT2D eigenvalue weighted by molar-refractivity contribution is -0.384. The van der Waals surface area contributed by atoms with E-state index in [0.717, 1.165) is 0 Å². The summed E-state index contributed by atoms with van der Waals surface area (Å²) in [6.07, 6.45) is 0. The van der Waals surface area contributed by atoms with E-state index in [9.17, 15) is 14.9 Å². The minimum atomic E-state index is -1.03. The van der Waals surface area contributed by atoms with Crippen LogP contribution < -0.4 is 0 Å². The van der Waals surface area contributed by atoms with Crippen molar-refractivity contribution in [3.8, 4) is 22.9 Å². The maximum atomic E-state index is 10.8. The lowest BCUT2D eigenvalue weighted by Crippen LogP contribution is -1.94. The summed E-state index contributed by atoms with van der Waals surface area (Å²) in [7, 11) is 0. The number of carboxylic acid groups (broad SMARTS) is 1. The van der Waals surface area contributed by atoms with Gasteiger partial charge in [0.15, 0.2) is 0 Å². The molecule has 0 fully saturated rings. The van der Waals surface area contributed by atoms with Crippen LogP contribution in [0.1, 0.15) is 10.4 Å². The molecule has 23 heavy (non-hydrogen) atoms. The molecule has 0 unspecified atom stereocenters. The molecule has 8 heteroatoms. The molecule has 3 aromatic rings. The zero-order chi connectivity index (χ0) is 16.4. The topological polar surface area (TPSA) is 119 Å². The molecule has 1 aromatic heterocycles. The van der Waals surface area contributed by atoms with Gasteiger partial charge in [-0.25, -0.2) is 4.79 Å². The van der Waals surface area contributed by atoms with E-state index in [2.05, 4.69) is 10.2 Å². The number of aromatic nitrogens is 2. The highest BCUT2D eigenvalue weighted by Gasteiger charge is 2.14. The van der Waals surface area contributed by atoms with Gasteiger partial charge < -0.3 is 9.52 Å². The molecule has 8 nitrogen and oxygen atoms in total. The van der Waals surface area contributed by atoms with Crippen molar-refractivity contribution in [2.24, 2.45) is 0 Å². The number of aromatic carboxylic acids is 1. The average molecular weight is 311 g/mol. The first-order chi connectivity index (χ1) is 11.0. The molecule has 1 N–H and O–H groups in total. The van der Waals surface area contributed by atoms with Crippen molar-refractivity contribution in [3.05, 3.63) is 64.2 Å². The number of nitro benzene ring substituents is 1. The van der Waals surface area contributed by atoms with Gasteiger partial charge in [-0.15, -0.1) is 10.2 Å². The summed E-state index contributed by atoms with van der Waals surface area (Å²) in [5.41, 5.74) is 1.06. The molecule has 0 amide bonds. The Labute approximate surface area is 129 Å². The average Bonchev–Trinajstić information content (AvgIpc) is 3.05. The second-order valence-corrected chi connectivity index (χ2v) is 4.60. The molecule has 0 aliphatic heterocycles. The molecule has 0 saturated carbocycles. The summed E-state index contributed by atoms with van der Waals surface area (Å²) in [5.74, 6) is -0.686. The van der Waals surface area contributed by atoms with E-state index in [1.807, 2.05) is 0 Å². The Morgan fingerprint density at radius 3 is 2.30 bits per heavy atom. The molecular formula is C15H9N3O5. The minimum Gasteiger partial charge on any atom is -0.478 e. The maximum Gasteiger partial charge on any atom is 0.335 e. The van der Waals surface area contributed by atoms with Gasteiger partial charge in [-0.3, -0.25) is 10.1 Å². The summed E-state index contributed by atoms with van der Waals surface area (Å²) in [4.78, 5) is 21.1. The van der Waals surface area contributed by atoms with Crippen LogP contribution in [0.15, 0.2) is 52.9 Å². The standard InChI is InChI=1S/C15H9N3O5/c19-15(20)10-6-4-9(5-7-10)13-16-17-14(23-13)11-2-1-3-12(8-11)18(21)22/h1-8H,(H,19,20). The summed E-state index contributed by atoms with van der Waals surface area (Å²) in [6, 6.07) is 11.8. The number of benzene rings is 2. The molecule has 0 saturated heterocycles. The van der Waals surface area contributed by atoms with Crippen molar-refractivity contribution in [1.29, 1.82) is 0 Å². The molecule has 0 aliphatic rings. The molecule has 3 rings (SSSR count). The van der Waals surface area contributed by atoms with Crippen molar-refractivity contribution in [2.75, 3.05) is 0 Å². The van der Waals surface area contributed by atoms with Crippen molar-refractivity contribution in [3.63, 3.8) is 0 Å². The van der Waals surface area contributed by atoms with Crippen LogP contribution >= 0.6 is 0 Å². The first-order valence-electron chi connectivity index (χ1n) is 6.46. The van der Waals surface area contributed by atoms with E-state index in [4.69, 9.17) is 9.52 Å². The highest BCUT2D eigenvalue weighted by atomic mass is 16.6. The van der Waals surface area contributed by atoms with Gasteiger partial charge in [-0.05, 0) is 30.3 Å². The molecule has 2 aromatic carbocycles. The zero-order valence-corrected chi connectivity index (χ0v) is 11.5. The van der Waals surface area contributed by atoms with E-state index in [1.165, 1.54) is 30.3 Å². The van der Waals surface area contributed by atoms with Crippen LogP contribution in [-0.4, -0.2) is 26.2 Å². The van der Waals surface area contributed by atoms with Crippen molar-refractivity contribution < 1.29 is 19.2 Å². The summed E-state index contributed by atoms with van der Waals surface area (Å²) < 4.78 is 5.50. The van der Waals surface area contributed by atoms with Crippen molar-refractivity contribution >= 4 is 11.7 Å². The van der Waals surface area contributed by atoms with E-state index in [1.54, 1.807) is 18.2 Å². The van der Waals surface area contributed by atoms with Crippen molar-refractivity contribution in [1.82, 2.24) is 10.2 Å². The first kappa shape index (κ1) is 14.4. The fourth-order valence-corrected chi connectivity index (χ4v) is 1.96.